The van der Waals surface area contributed by atoms with Crippen LogP contribution in [0, 0.1) is 0 Å². The van der Waals surface area contributed by atoms with Crippen molar-refractivity contribution in [3.8, 4) is 11.4 Å². The molecule has 2 aromatic rings. The molecule has 1 saturated heterocycles. The fourth-order valence-electron chi connectivity index (χ4n) is 2.25. The lowest BCUT2D eigenvalue weighted by atomic mass is 9.99. The molecule has 1 amide bonds. The van der Waals surface area contributed by atoms with Gasteiger partial charge in [-0.1, -0.05) is 29.4 Å². The SMILES string of the molecule is Cl.NCc1ccc(-c2noc(C3CCC(=O)NC3)n2)cc1. The van der Waals surface area contributed by atoms with E-state index in [0.29, 0.717) is 31.2 Å². The summed E-state index contributed by atoms with van der Waals surface area (Å²) in [4.78, 5) is 15.6. The number of carbonyl (C=O) groups is 1. The minimum atomic E-state index is 0. The Labute approximate surface area is 128 Å². The van der Waals surface area contributed by atoms with Gasteiger partial charge in [0.1, 0.15) is 0 Å². The number of nitrogens with one attached hydrogen (secondary N) is 1. The number of rotatable bonds is 3. The van der Waals surface area contributed by atoms with Crippen molar-refractivity contribution in [2.24, 2.45) is 5.73 Å². The van der Waals surface area contributed by atoms with Crippen LogP contribution in [0.15, 0.2) is 28.8 Å². The molecule has 1 aliphatic rings. The van der Waals surface area contributed by atoms with Crippen molar-refractivity contribution in [1.29, 1.82) is 0 Å². The topological polar surface area (TPSA) is 94.0 Å². The van der Waals surface area contributed by atoms with Crippen molar-refractivity contribution in [3.05, 3.63) is 35.7 Å². The number of nitrogens with zero attached hydrogens (tertiary/aromatic N) is 2. The average Bonchev–Trinajstić information content (AvgIpc) is 2.98. The van der Waals surface area contributed by atoms with Gasteiger partial charge in [0, 0.05) is 25.1 Å². The summed E-state index contributed by atoms with van der Waals surface area (Å²) >= 11 is 0. The molecule has 3 N–H and O–H groups in total. The van der Waals surface area contributed by atoms with Gasteiger partial charge in [0.2, 0.25) is 17.6 Å². The number of amides is 1. The molecule has 0 spiro atoms. The highest BCUT2D eigenvalue weighted by atomic mass is 35.5. The van der Waals surface area contributed by atoms with Crippen LogP contribution >= 0.6 is 12.4 Å². The molecule has 1 fully saturated rings. The Morgan fingerprint density at radius 1 is 1.33 bits per heavy atom. The molecule has 3 rings (SSSR count). The molecule has 0 aliphatic carbocycles. The molecule has 0 saturated carbocycles. The predicted octanol–water partition coefficient (Wildman–Crippen LogP) is 1.61. The van der Waals surface area contributed by atoms with E-state index in [9.17, 15) is 4.79 Å². The Hall–Kier alpha value is -1.92. The fourth-order valence-corrected chi connectivity index (χ4v) is 2.25. The number of piperidine rings is 1. The smallest absolute Gasteiger partial charge is 0.231 e. The fraction of sp³-hybridized carbons (Fsp3) is 0.357. The number of nitrogens with two attached hydrogens (primary N) is 1. The summed E-state index contributed by atoms with van der Waals surface area (Å²) in [5, 5.41) is 6.82. The lowest BCUT2D eigenvalue weighted by molar-refractivity contribution is -0.122. The molecule has 1 unspecified atom stereocenters. The van der Waals surface area contributed by atoms with Crippen molar-refractivity contribution in [1.82, 2.24) is 15.5 Å². The first-order valence-electron chi connectivity index (χ1n) is 6.66. The van der Waals surface area contributed by atoms with Crippen LogP contribution in [-0.4, -0.2) is 22.6 Å². The molecule has 112 valence electrons. The predicted molar refractivity (Wildman–Crippen MR) is 79.9 cm³/mol. The second-order valence-electron chi connectivity index (χ2n) is 4.90. The zero-order chi connectivity index (χ0) is 13.9. The summed E-state index contributed by atoms with van der Waals surface area (Å²) in [6, 6.07) is 7.76. The van der Waals surface area contributed by atoms with E-state index >= 15 is 0 Å². The zero-order valence-corrected chi connectivity index (χ0v) is 12.2. The molecule has 21 heavy (non-hydrogen) atoms. The van der Waals surface area contributed by atoms with Gasteiger partial charge in [-0.05, 0) is 12.0 Å². The van der Waals surface area contributed by atoms with E-state index in [0.717, 1.165) is 17.5 Å². The van der Waals surface area contributed by atoms with Gasteiger partial charge in [-0.15, -0.1) is 12.4 Å². The molecule has 0 radical (unpaired) electrons. The maximum Gasteiger partial charge on any atom is 0.231 e. The number of hydrogen-bond donors (Lipinski definition) is 2. The minimum Gasteiger partial charge on any atom is -0.355 e. The highest BCUT2D eigenvalue weighted by Crippen LogP contribution is 2.24. The average molecular weight is 309 g/mol. The van der Waals surface area contributed by atoms with Crippen LogP contribution in [0.3, 0.4) is 0 Å². The Morgan fingerprint density at radius 3 is 2.71 bits per heavy atom. The van der Waals surface area contributed by atoms with E-state index in [1.165, 1.54) is 0 Å². The first kappa shape index (κ1) is 15.5. The number of hydrogen-bond acceptors (Lipinski definition) is 5. The summed E-state index contributed by atoms with van der Waals surface area (Å²) in [5.74, 6) is 1.35. The molecule has 1 aromatic heterocycles. The minimum absolute atomic E-state index is 0. The number of aromatic nitrogens is 2. The molecule has 6 nitrogen and oxygen atoms in total. The Morgan fingerprint density at radius 2 is 2.10 bits per heavy atom. The summed E-state index contributed by atoms with van der Waals surface area (Å²) in [6.45, 7) is 1.08. The molecular weight excluding hydrogens is 292 g/mol. The van der Waals surface area contributed by atoms with Crippen molar-refractivity contribution in [3.63, 3.8) is 0 Å². The summed E-state index contributed by atoms with van der Waals surface area (Å²) in [7, 11) is 0. The number of halogens is 1. The van der Waals surface area contributed by atoms with Crippen LogP contribution in [0.2, 0.25) is 0 Å². The molecular formula is C14H17ClN4O2. The molecule has 7 heteroatoms. The van der Waals surface area contributed by atoms with Gasteiger partial charge in [0.25, 0.3) is 0 Å². The van der Waals surface area contributed by atoms with Crippen LogP contribution in [0.1, 0.15) is 30.2 Å². The van der Waals surface area contributed by atoms with Gasteiger partial charge < -0.3 is 15.6 Å². The molecule has 1 atom stereocenters. The highest BCUT2D eigenvalue weighted by Gasteiger charge is 2.24. The van der Waals surface area contributed by atoms with Crippen LogP contribution < -0.4 is 11.1 Å². The molecule has 2 heterocycles. The standard InChI is InChI=1S/C14H16N4O2.ClH/c15-7-9-1-3-10(4-2-9)13-17-14(20-18-13)11-5-6-12(19)16-8-11;/h1-4,11H,5-8,15H2,(H,16,19);1H. The Bertz CT molecular complexity index is 602. The second-order valence-corrected chi connectivity index (χ2v) is 4.90. The van der Waals surface area contributed by atoms with Gasteiger partial charge >= 0.3 is 0 Å². The van der Waals surface area contributed by atoms with Gasteiger partial charge in [0.05, 0.1) is 5.92 Å². The van der Waals surface area contributed by atoms with Gasteiger partial charge in [-0.25, -0.2) is 0 Å². The lowest BCUT2D eigenvalue weighted by Gasteiger charge is -2.18. The van der Waals surface area contributed by atoms with Crippen molar-refractivity contribution >= 4 is 18.3 Å². The van der Waals surface area contributed by atoms with Crippen molar-refractivity contribution < 1.29 is 9.32 Å². The number of carbonyl (C=O) groups excluding carboxylic acids is 1. The van der Waals surface area contributed by atoms with E-state index in [1.54, 1.807) is 0 Å². The van der Waals surface area contributed by atoms with E-state index < -0.39 is 0 Å². The first-order chi connectivity index (χ1) is 9.76. The van der Waals surface area contributed by atoms with Gasteiger partial charge in [-0.3, -0.25) is 4.79 Å². The van der Waals surface area contributed by atoms with E-state index in [4.69, 9.17) is 10.3 Å². The van der Waals surface area contributed by atoms with Crippen molar-refractivity contribution in [2.45, 2.75) is 25.3 Å². The quantitative estimate of drug-likeness (QED) is 0.898. The summed E-state index contributed by atoms with van der Waals surface area (Å²) in [5.41, 5.74) is 7.53. The third kappa shape index (κ3) is 3.40. The van der Waals surface area contributed by atoms with Gasteiger partial charge in [-0.2, -0.15) is 4.98 Å². The van der Waals surface area contributed by atoms with Crippen LogP contribution in [0.5, 0.6) is 0 Å². The zero-order valence-electron chi connectivity index (χ0n) is 11.4. The van der Waals surface area contributed by atoms with Crippen LogP contribution in [-0.2, 0) is 11.3 Å². The van der Waals surface area contributed by atoms with Crippen LogP contribution in [0.25, 0.3) is 11.4 Å². The van der Waals surface area contributed by atoms with Crippen LogP contribution in [0.4, 0.5) is 0 Å². The van der Waals surface area contributed by atoms with E-state index in [1.807, 2.05) is 24.3 Å². The first-order valence-corrected chi connectivity index (χ1v) is 6.66. The summed E-state index contributed by atoms with van der Waals surface area (Å²) < 4.78 is 5.31. The normalized spacial score (nSPS) is 18.0. The molecule has 1 aromatic carbocycles. The second kappa shape index (κ2) is 6.69. The van der Waals surface area contributed by atoms with Gasteiger partial charge in [0.15, 0.2) is 0 Å². The molecule has 1 aliphatic heterocycles. The summed E-state index contributed by atoms with van der Waals surface area (Å²) in [6.07, 6.45) is 1.26. The third-order valence-corrected chi connectivity index (χ3v) is 3.50. The number of benzene rings is 1. The maximum atomic E-state index is 11.1. The molecule has 0 bridgehead atoms. The van der Waals surface area contributed by atoms with Crippen molar-refractivity contribution in [2.75, 3.05) is 6.54 Å². The largest absolute Gasteiger partial charge is 0.355 e. The monoisotopic (exact) mass is 308 g/mol. The maximum absolute atomic E-state index is 11.1. The highest BCUT2D eigenvalue weighted by molar-refractivity contribution is 5.85. The lowest BCUT2D eigenvalue weighted by Crippen LogP contribution is -2.33. The Balaban J connectivity index is 0.00000161. The van der Waals surface area contributed by atoms with E-state index in [2.05, 4.69) is 15.5 Å². The third-order valence-electron chi connectivity index (χ3n) is 3.50. The Kier molecular flexibility index (Phi) is 4.93. The van der Waals surface area contributed by atoms with E-state index in [-0.39, 0.29) is 24.2 Å².